The van der Waals surface area contributed by atoms with Gasteiger partial charge in [-0.15, -0.1) is 0 Å². The summed E-state index contributed by atoms with van der Waals surface area (Å²) in [6, 6.07) is 0. The van der Waals surface area contributed by atoms with E-state index in [0.717, 1.165) is 30.6 Å². The molecule has 4 aliphatic rings. The molecule has 4 aliphatic carbocycles. The minimum atomic E-state index is 0.500. The van der Waals surface area contributed by atoms with E-state index in [2.05, 4.69) is 20.8 Å². The van der Waals surface area contributed by atoms with Crippen LogP contribution in [0.4, 0.5) is 0 Å². The van der Waals surface area contributed by atoms with E-state index in [9.17, 15) is 4.79 Å². The number of hydrogen-bond acceptors (Lipinski definition) is 1. The Hall–Kier alpha value is -0.590. The molecule has 0 unspecified atom stereocenters. The number of carbonyl (C=O) groups is 1. The summed E-state index contributed by atoms with van der Waals surface area (Å²) in [5, 5.41) is 0. The van der Waals surface area contributed by atoms with Gasteiger partial charge in [0.2, 0.25) is 0 Å². The van der Waals surface area contributed by atoms with Gasteiger partial charge in [0.25, 0.3) is 0 Å². The fourth-order valence-electron chi connectivity index (χ4n) is 6.02. The van der Waals surface area contributed by atoms with Gasteiger partial charge in [-0.05, 0) is 60.7 Å². The smallest absolute Gasteiger partial charge is 0.134 e. The minimum absolute atomic E-state index is 0.500. The van der Waals surface area contributed by atoms with Gasteiger partial charge in [0.1, 0.15) is 5.78 Å². The second-order valence-corrected chi connectivity index (χ2v) is 8.21. The lowest BCUT2D eigenvalue weighted by Crippen LogP contribution is -2.22. The number of hydrogen-bond donors (Lipinski definition) is 0. The monoisotopic (exact) mass is 258 g/mol. The lowest BCUT2D eigenvalue weighted by atomic mass is 9.73. The van der Waals surface area contributed by atoms with Crippen LogP contribution in [0.2, 0.25) is 0 Å². The van der Waals surface area contributed by atoms with Crippen molar-refractivity contribution in [3.8, 4) is 0 Å². The zero-order valence-corrected chi connectivity index (χ0v) is 12.5. The summed E-state index contributed by atoms with van der Waals surface area (Å²) in [7, 11) is 0. The molecule has 3 fully saturated rings. The highest BCUT2D eigenvalue weighted by molar-refractivity contribution is 5.80. The number of allylic oxidation sites excluding steroid dienone is 2. The predicted molar refractivity (Wildman–Crippen MR) is 76.6 cm³/mol. The van der Waals surface area contributed by atoms with E-state index in [0.29, 0.717) is 23.0 Å². The van der Waals surface area contributed by atoms with Crippen LogP contribution < -0.4 is 0 Å². The number of ketones is 1. The molecule has 0 aromatic rings. The maximum absolute atomic E-state index is 12.3. The molecule has 19 heavy (non-hydrogen) atoms. The van der Waals surface area contributed by atoms with Crippen molar-refractivity contribution < 1.29 is 4.79 Å². The molecule has 4 rings (SSSR count). The van der Waals surface area contributed by atoms with Crippen molar-refractivity contribution in [1.29, 1.82) is 0 Å². The summed E-state index contributed by atoms with van der Waals surface area (Å²) < 4.78 is 0. The third-order valence-corrected chi connectivity index (χ3v) is 6.89. The minimum Gasteiger partial charge on any atom is -0.300 e. The van der Waals surface area contributed by atoms with Crippen LogP contribution in [0.15, 0.2) is 11.1 Å². The van der Waals surface area contributed by atoms with E-state index < -0.39 is 0 Å². The van der Waals surface area contributed by atoms with Gasteiger partial charge in [0, 0.05) is 12.8 Å². The molecule has 0 spiro atoms. The van der Waals surface area contributed by atoms with Gasteiger partial charge in [0.05, 0.1) is 0 Å². The van der Waals surface area contributed by atoms with E-state index in [4.69, 9.17) is 0 Å². The highest BCUT2D eigenvalue weighted by Gasteiger charge is 2.64. The number of rotatable bonds is 0. The molecule has 0 heterocycles. The molecule has 0 saturated heterocycles. The van der Waals surface area contributed by atoms with Crippen LogP contribution in [0.5, 0.6) is 0 Å². The fourth-order valence-corrected chi connectivity index (χ4v) is 6.02. The van der Waals surface area contributed by atoms with Crippen molar-refractivity contribution in [1.82, 2.24) is 0 Å². The van der Waals surface area contributed by atoms with Crippen LogP contribution in [0.25, 0.3) is 0 Å². The Morgan fingerprint density at radius 1 is 1.21 bits per heavy atom. The highest BCUT2D eigenvalue weighted by Crippen LogP contribution is 2.70. The zero-order valence-electron chi connectivity index (χ0n) is 12.5. The molecule has 0 aromatic heterocycles. The topological polar surface area (TPSA) is 17.1 Å². The molecule has 0 aliphatic heterocycles. The van der Waals surface area contributed by atoms with Crippen LogP contribution in [0, 0.1) is 35.0 Å². The quantitative estimate of drug-likeness (QED) is 0.589. The van der Waals surface area contributed by atoms with Crippen molar-refractivity contribution in [3.63, 3.8) is 0 Å². The van der Waals surface area contributed by atoms with E-state index in [1.807, 2.05) is 0 Å². The van der Waals surface area contributed by atoms with Gasteiger partial charge < -0.3 is 0 Å². The summed E-state index contributed by atoms with van der Waals surface area (Å²) in [6.45, 7) is 7.31. The first-order valence-electron chi connectivity index (χ1n) is 8.24. The molecule has 1 nitrogen and oxygen atoms in total. The van der Waals surface area contributed by atoms with Gasteiger partial charge in [-0.1, -0.05) is 31.9 Å². The van der Waals surface area contributed by atoms with Crippen LogP contribution >= 0.6 is 0 Å². The van der Waals surface area contributed by atoms with Crippen LogP contribution in [0.1, 0.15) is 59.3 Å². The lowest BCUT2D eigenvalue weighted by Gasteiger charge is -2.31. The third kappa shape index (κ3) is 1.56. The van der Waals surface area contributed by atoms with Crippen LogP contribution in [-0.4, -0.2) is 5.78 Å². The molecule has 1 heteroatoms. The number of Topliss-reactive ketones (excluding diaryl/α,β-unsaturated/α-hetero) is 1. The fraction of sp³-hybridized carbons (Fsp3) is 0.833. The number of fused-ring (bicyclic) bond motifs is 4. The second-order valence-electron chi connectivity index (χ2n) is 8.21. The van der Waals surface area contributed by atoms with Gasteiger partial charge in [-0.25, -0.2) is 0 Å². The average Bonchev–Trinajstić information content (AvgIpc) is 2.66. The molecule has 0 N–H and O–H groups in total. The molecule has 0 amide bonds. The van der Waals surface area contributed by atoms with Crippen molar-refractivity contribution in [3.05, 3.63) is 11.1 Å². The van der Waals surface area contributed by atoms with Crippen molar-refractivity contribution in [2.45, 2.75) is 59.3 Å². The Morgan fingerprint density at radius 2 is 2.00 bits per heavy atom. The van der Waals surface area contributed by atoms with Gasteiger partial charge >= 0.3 is 0 Å². The Kier molecular flexibility index (Phi) is 2.40. The molecule has 0 aromatic carbocycles. The number of carbonyl (C=O) groups excluding carboxylic acids is 1. The lowest BCUT2D eigenvalue weighted by molar-refractivity contribution is -0.120. The predicted octanol–water partition coefficient (Wildman–Crippen LogP) is 4.37. The summed E-state index contributed by atoms with van der Waals surface area (Å²) in [5.41, 5.74) is 4.00. The van der Waals surface area contributed by atoms with Crippen LogP contribution in [0.3, 0.4) is 0 Å². The van der Waals surface area contributed by atoms with Gasteiger partial charge in [0.15, 0.2) is 0 Å². The Bertz CT molecular complexity index is 470. The normalized spacial score (nSPS) is 47.3. The maximum atomic E-state index is 12.3. The Labute approximate surface area is 116 Å². The van der Waals surface area contributed by atoms with Gasteiger partial charge in [-0.3, -0.25) is 4.79 Å². The molecule has 0 radical (unpaired) electrons. The molecule has 5 atom stereocenters. The molecule has 0 bridgehead atoms. The molecular formula is C18H26O. The summed E-state index contributed by atoms with van der Waals surface area (Å²) in [4.78, 5) is 12.3. The summed E-state index contributed by atoms with van der Waals surface area (Å²) in [5.74, 6) is 4.26. The molecule has 3 saturated carbocycles. The third-order valence-electron chi connectivity index (χ3n) is 6.89. The first-order chi connectivity index (χ1) is 9.00. The average molecular weight is 258 g/mol. The summed E-state index contributed by atoms with van der Waals surface area (Å²) in [6.07, 6.45) is 7.01. The van der Waals surface area contributed by atoms with E-state index in [-0.39, 0.29) is 0 Å². The van der Waals surface area contributed by atoms with E-state index in [1.165, 1.54) is 25.7 Å². The van der Waals surface area contributed by atoms with E-state index >= 15 is 0 Å². The van der Waals surface area contributed by atoms with Crippen molar-refractivity contribution in [2.24, 2.45) is 35.0 Å². The molecule has 104 valence electrons. The van der Waals surface area contributed by atoms with Crippen LogP contribution in [-0.2, 0) is 4.79 Å². The second kappa shape index (κ2) is 3.74. The van der Waals surface area contributed by atoms with Crippen molar-refractivity contribution in [2.75, 3.05) is 0 Å². The van der Waals surface area contributed by atoms with E-state index in [1.54, 1.807) is 11.1 Å². The van der Waals surface area contributed by atoms with Gasteiger partial charge in [-0.2, -0.15) is 0 Å². The largest absolute Gasteiger partial charge is 0.300 e. The summed E-state index contributed by atoms with van der Waals surface area (Å²) >= 11 is 0. The Morgan fingerprint density at radius 3 is 2.79 bits per heavy atom. The first-order valence-corrected chi connectivity index (χ1v) is 8.24. The Balaban J connectivity index is 1.80. The maximum Gasteiger partial charge on any atom is 0.134 e. The SMILES string of the molecule is C[C@@H]1C[C@H]2[C@@H]([C@@H]3CC(=O)C[C@@H]4CCCC4=C13)C2(C)C. The zero-order chi connectivity index (χ0) is 13.4. The standard InChI is InChI=1S/C18H26O/c1-10-7-15-17(18(15,2)3)14-9-12(19)8-11-5-4-6-13(11)16(10)14/h10-11,14-15,17H,4-9H2,1-3H3/t10-,11+,14-,15+,17-/m1/s1. The molecular weight excluding hydrogens is 232 g/mol. The van der Waals surface area contributed by atoms with Crippen molar-refractivity contribution >= 4 is 5.78 Å². The highest BCUT2D eigenvalue weighted by atomic mass is 16.1. The first kappa shape index (κ1) is 12.2.